The molecule has 0 saturated heterocycles. The van der Waals surface area contributed by atoms with Crippen LogP contribution >= 0.6 is 0 Å². The van der Waals surface area contributed by atoms with Gasteiger partial charge in [0.2, 0.25) is 0 Å². The van der Waals surface area contributed by atoms with Gasteiger partial charge in [0, 0.05) is 0 Å². The number of carbonyl (C=O) groups is 1. The monoisotopic (exact) mass is 280 g/mol. The highest BCUT2D eigenvalue weighted by Gasteiger charge is 2.18. The molecule has 1 rings (SSSR count). The molecular weight excluding hydrogens is 256 g/mol. The smallest absolute Gasteiger partial charge is 0.306 e. The van der Waals surface area contributed by atoms with E-state index in [0.29, 0.717) is 18.6 Å². The highest BCUT2D eigenvalue weighted by Crippen LogP contribution is 2.28. The van der Waals surface area contributed by atoms with Gasteiger partial charge < -0.3 is 14.9 Å². The predicted octanol–water partition coefficient (Wildman–Crippen LogP) is 3.61. The Balaban J connectivity index is 2.63. The van der Waals surface area contributed by atoms with Gasteiger partial charge in [-0.05, 0) is 30.5 Å². The molecule has 0 saturated carbocycles. The molecule has 0 amide bonds. The van der Waals surface area contributed by atoms with Crippen molar-refractivity contribution in [2.45, 2.75) is 45.4 Å². The van der Waals surface area contributed by atoms with Crippen molar-refractivity contribution in [1.29, 1.82) is 0 Å². The summed E-state index contributed by atoms with van der Waals surface area (Å²) in [6, 6.07) is 5.00. The molecule has 0 aliphatic carbocycles. The van der Waals surface area contributed by atoms with E-state index in [-0.39, 0.29) is 11.7 Å². The van der Waals surface area contributed by atoms with Crippen molar-refractivity contribution in [2.24, 2.45) is 5.92 Å². The van der Waals surface area contributed by atoms with Gasteiger partial charge in [-0.3, -0.25) is 4.79 Å². The molecule has 20 heavy (non-hydrogen) atoms. The maximum Gasteiger partial charge on any atom is 0.306 e. The van der Waals surface area contributed by atoms with E-state index < -0.39 is 5.97 Å². The molecule has 0 aromatic heterocycles. The Hall–Kier alpha value is -1.71. The van der Waals surface area contributed by atoms with Crippen molar-refractivity contribution in [1.82, 2.24) is 0 Å². The van der Waals surface area contributed by atoms with E-state index in [1.165, 1.54) is 7.11 Å². The third-order valence-electron chi connectivity index (χ3n) is 3.48. The number of methoxy groups -OCH3 is 1. The first-order chi connectivity index (χ1) is 9.58. The average molecular weight is 280 g/mol. The molecule has 2 N–H and O–H groups in total. The number of carboxylic acids is 1. The number of aliphatic carboxylic acids is 1. The topological polar surface area (TPSA) is 66.8 Å². The summed E-state index contributed by atoms with van der Waals surface area (Å²) in [5.74, 6) is -0.668. The van der Waals surface area contributed by atoms with Gasteiger partial charge >= 0.3 is 5.97 Å². The highest BCUT2D eigenvalue weighted by molar-refractivity contribution is 5.70. The standard InChI is InChI=1S/C16H24O4/c1-3-4-5-6-7-13(16(18)19)10-12-8-9-14(17)15(11-12)20-2/h8-9,11,13,17H,3-7,10H2,1-2H3,(H,18,19). The van der Waals surface area contributed by atoms with Crippen LogP contribution in [0.25, 0.3) is 0 Å². The van der Waals surface area contributed by atoms with E-state index in [1.807, 2.05) is 0 Å². The van der Waals surface area contributed by atoms with Crippen molar-refractivity contribution in [3.05, 3.63) is 23.8 Å². The fraction of sp³-hybridized carbons (Fsp3) is 0.562. The summed E-state index contributed by atoms with van der Waals surface area (Å²) >= 11 is 0. The number of phenols is 1. The molecule has 0 spiro atoms. The zero-order valence-electron chi connectivity index (χ0n) is 12.3. The van der Waals surface area contributed by atoms with Crippen LogP contribution in [0.1, 0.15) is 44.6 Å². The van der Waals surface area contributed by atoms with E-state index in [1.54, 1.807) is 18.2 Å². The lowest BCUT2D eigenvalue weighted by molar-refractivity contribution is -0.142. The van der Waals surface area contributed by atoms with Crippen LogP contribution in [0.2, 0.25) is 0 Å². The lowest BCUT2D eigenvalue weighted by Gasteiger charge is -2.13. The molecular formula is C16H24O4. The first kappa shape index (κ1) is 16.3. The maximum atomic E-state index is 11.3. The number of carboxylic acid groups (broad SMARTS) is 1. The van der Waals surface area contributed by atoms with Crippen LogP contribution in [-0.2, 0) is 11.2 Å². The Bertz CT molecular complexity index is 428. The summed E-state index contributed by atoms with van der Waals surface area (Å²) in [5, 5.41) is 18.8. The molecule has 0 radical (unpaired) electrons. The second kappa shape index (κ2) is 8.46. The average Bonchev–Trinajstić information content (AvgIpc) is 2.43. The Labute approximate surface area is 120 Å². The first-order valence-corrected chi connectivity index (χ1v) is 7.17. The van der Waals surface area contributed by atoms with Gasteiger partial charge in [0.25, 0.3) is 0 Å². The molecule has 0 fully saturated rings. The van der Waals surface area contributed by atoms with Gasteiger partial charge in [-0.2, -0.15) is 0 Å². The summed E-state index contributed by atoms with van der Waals surface area (Å²) in [6.07, 6.45) is 5.49. The number of benzene rings is 1. The minimum absolute atomic E-state index is 0.0751. The normalized spacial score (nSPS) is 12.1. The van der Waals surface area contributed by atoms with Crippen molar-refractivity contribution in [3.63, 3.8) is 0 Å². The van der Waals surface area contributed by atoms with Crippen molar-refractivity contribution < 1.29 is 19.7 Å². The van der Waals surface area contributed by atoms with Crippen molar-refractivity contribution in [2.75, 3.05) is 7.11 Å². The lowest BCUT2D eigenvalue weighted by atomic mass is 9.93. The Morgan fingerprint density at radius 1 is 1.30 bits per heavy atom. The largest absolute Gasteiger partial charge is 0.504 e. The molecule has 1 aromatic carbocycles. The summed E-state index contributed by atoms with van der Waals surface area (Å²) in [4.78, 5) is 11.3. The van der Waals surface area contributed by atoms with Crippen LogP contribution in [0.4, 0.5) is 0 Å². The molecule has 0 aliphatic heterocycles. The van der Waals surface area contributed by atoms with Gasteiger partial charge in [-0.15, -0.1) is 0 Å². The Kier molecular flexibility index (Phi) is 6.91. The van der Waals surface area contributed by atoms with E-state index in [9.17, 15) is 15.0 Å². The summed E-state index contributed by atoms with van der Waals surface area (Å²) < 4.78 is 5.04. The Morgan fingerprint density at radius 2 is 2.05 bits per heavy atom. The number of rotatable bonds is 9. The lowest BCUT2D eigenvalue weighted by Crippen LogP contribution is -2.16. The van der Waals surface area contributed by atoms with Crippen LogP contribution in [0.5, 0.6) is 11.5 Å². The van der Waals surface area contributed by atoms with Crippen LogP contribution in [0.3, 0.4) is 0 Å². The highest BCUT2D eigenvalue weighted by atomic mass is 16.5. The van der Waals surface area contributed by atoms with E-state index in [0.717, 1.165) is 31.2 Å². The zero-order valence-corrected chi connectivity index (χ0v) is 12.3. The van der Waals surface area contributed by atoms with Gasteiger partial charge in [-0.1, -0.05) is 38.7 Å². The fourth-order valence-corrected chi connectivity index (χ4v) is 2.26. The second-order valence-electron chi connectivity index (χ2n) is 5.09. The van der Waals surface area contributed by atoms with Gasteiger partial charge in [0.1, 0.15) is 0 Å². The third kappa shape index (κ3) is 5.11. The summed E-state index contributed by atoms with van der Waals surface area (Å²) in [6.45, 7) is 2.14. The maximum absolute atomic E-state index is 11.3. The minimum atomic E-state index is -0.756. The number of hydrogen-bond acceptors (Lipinski definition) is 3. The number of unbranched alkanes of at least 4 members (excludes halogenated alkanes) is 3. The van der Waals surface area contributed by atoms with E-state index in [2.05, 4.69) is 6.92 Å². The van der Waals surface area contributed by atoms with Crippen molar-refractivity contribution >= 4 is 5.97 Å². The quantitative estimate of drug-likeness (QED) is 0.678. The molecule has 1 atom stereocenters. The van der Waals surface area contributed by atoms with Gasteiger partial charge in [-0.25, -0.2) is 0 Å². The minimum Gasteiger partial charge on any atom is -0.504 e. The van der Waals surface area contributed by atoms with Gasteiger partial charge in [0.05, 0.1) is 13.0 Å². The number of aromatic hydroxyl groups is 1. The van der Waals surface area contributed by atoms with Gasteiger partial charge in [0.15, 0.2) is 11.5 Å². The van der Waals surface area contributed by atoms with E-state index in [4.69, 9.17) is 4.74 Å². The molecule has 0 aliphatic rings. The second-order valence-corrected chi connectivity index (χ2v) is 5.09. The fourth-order valence-electron chi connectivity index (χ4n) is 2.26. The first-order valence-electron chi connectivity index (χ1n) is 7.17. The molecule has 1 unspecified atom stereocenters. The zero-order chi connectivity index (χ0) is 15.0. The summed E-state index contributed by atoms with van der Waals surface area (Å²) in [5.41, 5.74) is 0.877. The number of hydrogen-bond donors (Lipinski definition) is 2. The number of phenolic OH excluding ortho intramolecular Hbond substituents is 1. The van der Waals surface area contributed by atoms with E-state index >= 15 is 0 Å². The molecule has 0 heterocycles. The van der Waals surface area contributed by atoms with Crippen LogP contribution < -0.4 is 4.74 Å². The molecule has 1 aromatic rings. The predicted molar refractivity (Wildman–Crippen MR) is 78.2 cm³/mol. The van der Waals surface area contributed by atoms with Crippen LogP contribution in [0.15, 0.2) is 18.2 Å². The molecule has 0 bridgehead atoms. The molecule has 112 valence electrons. The van der Waals surface area contributed by atoms with Crippen LogP contribution in [0, 0.1) is 5.92 Å². The molecule has 4 heteroatoms. The SMILES string of the molecule is CCCCCCC(Cc1ccc(O)c(OC)c1)C(=O)O. The summed E-state index contributed by atoms with van der Waals surface area (Å²) in [7, 11) is 1.48. The van der Waals surface area contributed by atoms with Crippen molar-refractivity contribution in [3.8, 4) is 11.5 Å². The van der Waals surface area contributed by atoms with Crippen LogP contribution in [-0.4, -0.2) is 23.3 Å². The molecule has 4 nitrogen and oxygen atoms in total. The number of ether oxygens (including phenoxy) is 1. The Morgan fingerprint density at radius 3 is 2.65 bits per heavy atom. The third-order valence-corrected chi connectivity index (χ3v) is 3.48.